The summed E-state index contributed by atoms with van der Waals surface area (Å²) in [5, 5.41) is 0. The molecule has 0 spiro atoms. The molecule has 1 rings (SSSR count). The fourth-order valence-electron chi connectivity index (χ4n) is 1.68. The van der Waals surface area contributed by atoms with Gasteiger partial charge in [0.1, 0.15) is 4.99 Å². The van der Waals surface area contributed by atoms with Crippen molar-refractivity contribution in [3.05, 3.63) is 29.3 Å². The van der Waals surface area contributed by atoms with Gasteiger partial charge in [-0.1, -0.05) is 31.6 Å². The van der Waals surface area contributed by atoms with Crippen LogP contribution in [0.5, 0.6) is 0 Å². The van der Waals surface area contributed by atoms with Gasteiger partial charge in [0.15, 0.2) is 0 Å². The van der Waals surface area contributed by atoms with E-state index in [0.717, 1.165) is 17.8 Å². The van der Waals surface area contributed by atoms with Crippen molar-refractivity contribution in [2.75, 3.05) is 18.5 Å². The molecule has 1 aromatic carbocycles. The number of nitrogens with two attached hydrogens (primary N) is 1. The second kappa shape index (κ2) is 5.85. The zero-order valence-electron chi connectivity index (χ0n) is 10.3. The first-order chi connectivity index (χ1) is 7.56. The lowest BCUT2D eigenvalue weighted by molar-refractivity contribution is 0.766. The van der Waals surface area contributed by atoms with E-state index < -0.39 is 0 Å². The van der Waals surface area contributed by atoms with Crippen molar-refractivity contribution in [1.29, 1.82) is 0 Å². The van der Waals surface area contributed by atoms with Crippen molar-refractivity contribution in [3.8, 4) is 0 Å². The van der Waals surface area contributed by atoms with E-state index >= 15 is 0 Å². The lowest BCUT2D eigenvalue weighted by atomic mass is 10.1. The minimum atomic E-state index is 0.471. The number of hydrogen-bond donors (Lipinski definition) is 1. The largest absolute Gasteiger partial charge is 0.389 e. The summed E-state index contributed by atoms with van der Waals surface area (Å²) >= 11 is 5.08. The van der Waals surface area contributed by atoms with Crippen LogP contribution in [0, 0.1) is 6.92 Å². The molecule has 16 heavy (non-hydrogen) atoms. The molecule has 2 N–H and O–H groups in total. The Kier molecular flexibility index (Phi) is 4.74. The van der Waals surface area contributed by atoms with E-state index in [2.05, 4.69) is 31.9 Å². The van der Waals surface area contributed by atoms with Crippen LogP contribution >= 0.6 is 12.2 Å². The van der Waals surface area contributed by atoms with Gasteiger partial charge >= 0.3 is 0 Å². The third kappa shape index (κ3) is 3.20. The average molecular weight is 236 g/mol. The quantitative estimate of drug-likeness (QED) is 0.797. The molecule has 1 aromatic rings. The SMILES string of the molecule is CCCCN(C)c1cc(C)ccc1C(N)=S. The molecular formula is C13H20N2S. The highest BCUT2D eigenvalue weighted by Gasteiger charge is 2.09. The predicted molar refractivity (Wildman–Crippen MR) is 75.2 cm³/mol. The molecule has 0 saturated carbocycles. The minimum Gasteiger partial charge on any atom is -0.389 e. The Balaban J connectivity index is 2.99. The van der Waals surface area contributed by atoms with E-state index in [-0.39, 0.29) is 0 Å². The molecule has 0 bridgehead atoms. The summed E-state index contributed by atoms with van der Waals surface area (Å²) < 4.78 is 0. The van der Waals surface area contributed by atoms with E-state index in [4.69, 9.17) is 18.0 Å². The van der Waals surface area contributed by atoms with E-state index in [1.54, 1.807) is 0 Å². The van der Waals surface area contributed by atoms with E-state index in [1.807, 2.05) is 12.1 Å². The van der Waals surface area contributed by atoms with Gasteiger partial charge in [-0.15, -0.1) is 0 Å². The topological polar surface area (TPSA) is 29.3 Å². The van der Waals surface area contributed by atoms with Gasteiger partial charge in [-0.2, -0.15) is 0 Å². The van der Waals surface area contributed by atoms with Crippen LogP contribution in [0.25, 0.3) is 0 Å². The molecule has 0 atom stereocenters. The highest BCUT2D eigenvalue weighted by Crippen LogP contribution is 2.21. The molecule has 0 fully saturated rings. The van der Waals surface area contributed by atoms with Crippen LogP contribution in [0.1, 0.15) is 30.9 Å². The summed E-state index contributed by atoms with van der Waals surface area (Å²) in [7, 11) is 2.09. The Morgan fingerprint density at radius 1 is 1.44 bits per heavy atom. The highest BCUT2D eigenvalue weighted by atomic mass is 32.1. The van der Waals surface area contributed by atoms with Crippen molar-refractivity contribution >= 4 is 22.9 Å². The third-order valence-electron chi connectivity index (χ3n) is 2.68. The van der Waals surface area contributed by atoms with E-state index in [0.29, 0.717) is 4.99 Å². The first-order valence-corrected chi connectivity index (χ1v) is 6.08. The molecule has 0 aliphatic carbocycles. The first kappa shape index (κ1) is 13.0. The van der Waals surface area contributed by atoms with Crippen LogP contribution < -0.4 is 10.6 Å². The predicted octanol–water partition coefficient (Wildman–Crippen LogP) is 2.87. The average Bonchev–Trinajstić information content (AvgIpc) is 2.25. The zero-order valence-corrected chi connectivity index (χ0v) is 11.1. The number of rotatable bonds is 5. The second-order valence-electron chi connectivity index (χ2n) is 4.16. The molecular weight excluding hydrogens is 216 g/mol. The van der Waals surface area contributed by atoms with E-state index in [9.17, 15) is 0 Å². The smallest absolute Gasteiger partial charge is 0.106 e. The van der Waals surface area contributed by atoms with Gasteiger partial charge in [0.2, 0.25) is 0 Å². The van der Waals surface area contributed by atoms with Crippen LogP contribution in [-0.4, -0.2) is 18.6 Å². The maximum absolute atomic E-state index is 5.74. The first-order valence-electron chi connectivity index (χ1n) is 5.67. The number of aryl methyl sites for hydroxylation is 1. The molecule has 88 valence electrons. The number of unbranched alkanes of at least 4 members (excludes halogenated alkanes) is 1. The normalized spacial score (nSPS) is 10.2. The molecule has 0 amide bonds. The number of benzene rings is 1. The Hall–Kier alpha value is -1.09. The standard InChI is InChI=1S/C13H20N2S/c1-4-5-8-15(3)12-9-10(2)6-7-11(12)13(14)16/h6-7,9H,4-5,8H2,1-3H3,(H2,14,16). The number of nitrogens with zero attached hydrogens (tertiary/aromatic N) is 1. The number of anilines is 1. The molecule has 2 nitrogen and oxygen atoms in total. The van der Waals surface area contributed by atoms with Crippen LogP contribution in [0.2, 0.25) is 0 Å². The highest BCUT2D eigenvalue weighted by molar-refractivity contribution is 7.80. The van der Waals surface area contributed by atoms with Gasteiger partial charge in [0, 0.05) is 24.8 Å². The fourth-order valence-corrected chi connectivity index (χ4v) is 1.85. The summed E-state index contributed by atoms with van der Waals surface area (Å²) in [6, 6.07) is 6.20. The van der Waals surface area contributed by atoms with Crippen molar-refractivity contribution in [2.45, 2.75) is 26.7 Å². The lowest BCUT2D eigenvalue weighted by Gasteiger charge is -2.22. The molecule has 0 saturated heterocycles. The van der Waals surface area contributed by atoms with Crippen LogP contribution in [0.3, 0.4) is 0 Å². The summed E-state index contributed by atoms with van der Waals surface area (Å²) in [6.07, 6.45) is 2.37. The summed E-state index contributed by atoms with van der Waals surface area (Å²) in [4.78, 5) is 2.70. The van der Waals surface area contributed by atoms with Crippen molar-refractivity contribution < 1.29 is 0 Å². The van der Waals surface area contributed by atoms with Gasteiger partial charge in [-0.3, -0.25) is 0 Å². The molecule has 0 aliphatic rings. The number of hydrogen-bond acceptors (Lipinski definition) is 2. The molecule has 0 unspecified atom stereocenters. The summed E-state index contributed by atoms with van der Waals surface area (Å²) in [5.74, 6) is 0. The molecule has 0 heterocycles. The molecule has 3 heteroatoms. The molecule has 0 radical (unpaired) electrons. The van der Waals surface area contributed by atoms with Crippen LogP contribution in [-0.2, 0) is 0 Å². The maximum Gasteiger partial charge on any atom is 0.106 e. The van der Waals surface area contributed by atoms with Crippen LogP contribution in [0.15, 0.2) is 18.2 Å². The maximum atomic E-state index is 5.74. The Morgan fingerprint density at radius 3 is 2.69 bits per heavy atom. The Morgan fingerprint density at radius 2 is 2.12 bits per heavy atom. The molecule has 0 aromatic heterocycles. The number of thiocarbonyl (C=S) groups is 1. The van der Waals surface area contributed by atoms with Crippen molar-refractivity contribution in [2.24, 2.45) is 5.73 Å². The van der Waals surface area contributed by atoms with Gasteiger partial charge in [0.05, 0.1) is 0 Å². The summed E-state index contributed by atoms with van der Waals surface area (Å²) in [5.41, 5.74) is 9.08. The minimum absolute atomic E-state index is 0.471. The molecule has 0 aliphatic heterocycles. The Bertz CT molecular complexity index is 374. The van der Waals surface area contributed by atoms with Gasteiger partial charge in [0.25, 0.3) is 0 Å². The Labute approximate surface area is 103 Å². The lowest BCUT2D eigenvalue weighted by Crippen LogP contribution is -2.23. The summed E-state index contributed by atoms with van der Waals surface area (Å²) in [6.45, 7) is 5.31. The fraction of sp³-hybridized carbons (Fsp3) is 0.462. The van der Waals surface area contributed by atoms with Gasteiger partial charge < -0.3 is 10.6 Å². The second-order valence-corrected chi connectivity index (χ2v) is 4.60. The van der Waals surface area contributed by atoms with Crippen molar-refractivity contribution in [3.63, 3.8) is 0 Å². The van der Waals surface area contributed by atoms with Gasteiger partial charge in [-0.05, 0) is 31.0 Å². The monoisotopic (exact) mass is 236 g/mol. The zero-order chi connectivity index (χ0) is 12.1. The third-order valence-corrected chi connectivity index (χ3v) is 2.90. The van der Waals surface area contributed by atoms with Crippen LogP contribution in [0.4, 0.5) is 5.69 Å². The van der Waals surface area contributed by atoms with E-state index in [1.165, 1.54) is 18.4 Å². The van der Waals surface area contributed by atoms with Crippen molar-refractivity contribution in [1.82, 2.24) is 0 Å². The van der Waals surface area contributed by atoms with Gasteiger partial charge in [-0.25, -0.2) is 0 Å².